The van der Waals surface area contributed by atoms with Crippen molar-refractivity contribution in [2.45, 2.75) is 38.8 Å². The minimum atomic E-state index is -0.495. The number of hydrogen-bond donors (Lipinski definition) is 3. The summed E-state index contributed by atoms with van der Waals surface area (Å²) in [6.45, 7) is 4.22. The van der Waals surface area contributed by atoms with Gasteiger partial charge in [0.2, 0.25) is 11.8 Å². The summed E-state index contributed by atoms with van der Waals surface area (Å²) in [6, 6.07) is 9.27. The van der Waals surface area contributed by atoms with E-state index < -0.39 is 6.04 Å². The van der Waals surface area contributed by atoms with Crippen molar-refractivity contribution in [2.24, 2.45) is 11.3 Å². The lowest BCUT2D eigenvalue weighted by Crippen LogP contribution is -2.46. The first-order chi connectivity index (χ1) is 11.1. The van der Waals surface area contributed by atoms with E-state index in [4.69, 9.17) is 0 Å². The van der Waals surface area contributed by atoms with Gasteiger partial charge in [-0.05, 0) is 50.3 Å². The molecule has 1 spiro atoms. The van der Waals surface area contributed by atoms with Gasteiger partial charge in [0.15, 0.2) is 0 Å². The van der Waals surface area contributed by atoms with Gasteiger partial charge in [0.05, 0.1) is 0 Å². The Labute approximate surface area is 149 Å². The molecule has 2 aliphatic rings. The largest absolute Gasteiger partial charge is 0.350 e. The number of nitrogens with one attached hydrogen (secondary N) is 3. The van der Waals surface area contributed by atoms with Crippen molar-refractivity contribution in [1.29, 1.82) is 0 Å². The van der Waals surface area contributed by atoms with Crippen LogP contribution in [0.2, 0.25) is 0 Å². The topological polar surface area (TPSA) is 70.2 Å². The molecule has 1 aliphatic heterocycles. The summed E-state index contributed by atoms with van der Waals surface area (Å²) in [5, 5.41) is 9.08. The Kier molecular flexibility index (Phi) is 6.24. The van der Waals surface area contributed by atoms with E-state index in [-0.39, 0.29) is 35.6 Å². The molecule has 1 saturated heterocycles. The van der Waals surface area contributed by atoms with Gasteiger partial charge in [0.25, 0.3) is 0 Å². The highest BCUT2D eigenvalue weighted by molar-refractivity contribution is 5.89. The zero-order valence-electron chi connectivity index (χ0n) is 14.0. The van der Waals surface area contributed by atoms with Crippen molar-refractivity contribution < 1.29 is 9.59 Å². The maximum absolute atomic E-state index is 12.4. The lowest BCUT2D eigenvalue weighted by Gasteiger charge is -2.23. The van der Waals surface area contributed by atoms with Crippen molar-refractivity contribution in [3.05, 3.63) is 35.9 Å². The quantitative estimate of drug-likeness (QED) is 0.755. The van der Waals surface area contributed by atoms with Crippen LogP contribution in [-0.4, -0.2) is 30.9 Å². The molecule has 6 heteroatoms. The van der Waals surface area contributed by atoms with Crippen LogP contribution >= 0.6 is 12.4 Å². The molecule has 24 heavy (non-hydrogen) atoms. The molecule has 1 aliphatic carbocycles. The third-order valence-electron chi connectivity index (χ3n) is 5.17. The van der Waals surface area contributed by atoms with Gasteiger partial charge >= 0.3 is 0 Å². The van der Waals surface area contributed by atoms with Crippen LogP contribution in [0.3, 0.4) is 0 Å². The maximum Gasteiger partial charge on any atom is 0.242 e. The molecule has 2 amide bonds. The monoisotopic (exact) mass is 351 g/mol. The zero-order chi connectivity index (χ0) is 16.3. The summed E-state index contributed by atoms with van der Waals surface area (Å²) in [7, 11) is 0. The molecule has 1 aromatic rings. The highest BCUT2D eigenvalue weighted by Gasteiger charge is 2.57. The third-order valence-corrected chi connectivity index (χ3v) is 5.17. The molecular weight excluding hydrogens is 326 g/mol. The van der Waals surface area contributed by atoms with E-state index >= 15 is 0 Å². The van der Waals surface area contributed by atoms with Crippen LogP contribution in [0.4, 0.5) is 0 Å². The molecule has 3 N–H and O–H groups in total. The average molecular weight is 352 g/mol. The molecule has 2 fully saturated rings. The Morgan fingerprint density at radius 3 is 2.58 bits per heavy atom. The number of carbonyl (C=O) groups is 2. The van der Waals surface area contributed by atoms with Crippen molar-refractivity contribution in [2.75, 3.05) is 13.1 Å². The number of halogens is 1. The van der Waals surface area contributed by atoms with Crippen LogP contribution in [0, 0.1) is 11.3 Å². The third kappa shape index (κ3) is 4.28. The lowest BCUT2D eigenvalue weighted by atomic mass is 9.91. The molecule has 1 heterocycles. The molecule has 0 bridgehead atoms. The Hall–Kier alpha value is -1.59. The fraction of sp³-hybridized carbons (Fsp3) is 0.556. The number of piperidine rings is 1. The van der Waals surface area contributed by atoms with Crippen molar-refractivity contribution in [3.63, 3.8) is 0 Å². The van der Waals surface area contributed by atoms with Crippen LogP contribution in [-0.2, 0) is 16.1 Å². The highest BCUT2D eigenvalue weighted by atomic mass is 35.5. The fourth-order valence-electron chi connectivity index (χ4n) is 3.51. The van der Waals surface area contributed by atoms with Gasteiger partial charge < -0.3 is 16.0 Å². The molecule has 1 saturated carbocycles. The number of rotatable bonds is 5. The first kappa shape index (κ1) is 18.7. The summed E-state index contributed by atoms with van der Waals surface area (Å²) >= 11 is 0. The maximum atomic E-state index is 12.4. The summed E-state index contributed by atoms with van der Waals surface area (Å²) < 4.78 is 0. The Balaban J connectivity index is 0.00000208. The Bertz CT molecular complexity index is 573. The average Bonchev–Trinajstić information content (AvgIpc) is 3.27. The molecule has 3 rings (SSSR count). The second-order valence-electron chi connectivity index (χ2n) is 6.80. The van der Waals surface area contributed by atoms with Crippen LogP contribution in [0.5, 0.6) is 0 Å². The van der Waals surface area contributed by atoms with Gasteiger partial charge in [0, 0.05) is 12.5 Å². The Morgan fingerprint density at radius 1 is 1.25 bits per heavy atom. The van der Waals surface area contributed by atoms with Crippen LogP contribution in [0.15, 0.2) is 30.3 Å². The molecule has 132 valence electrons. The lowest BCUT2D eigenvalue weighted by molar-refractivity contribution is -0.129. The molecule has 1 aromatic carbocycles. The molecule has 2 atom stereocenters. The molecule has 5 nitrogen and oxygen atoms in total. The zero-order valence-corrected chi connectivity index (χ0v) is 14.8. The van der Waals surface area contributed by atoms with Gasteiger partial charge in [-0.3, -0.25) is 9.59 Å². The van der Waals surface area contributed by atoms with E-state index in [2.05, 4.69) is 16.0 Å². The van der Waals surface area contributed by atoms with Crippen LogP contribution in [0.25, 0.3) is 0 Å². The van der Waals surface area contributed by atoms with Crippen molar-refractivity contribution in [1.82, 2.24) is 16.0 Å². The molecule has 2 unspecified atom stereocenters. The molecule has 0 aromatic heterocycles. The van der Waals surface area contributed by atoms with Crippen LogP contribution in [0.1, 0.15) is 31.7 Å². The number of carbonyl (C=O) groups excluding carboxylic acids is 2. The number of hydrogen-bond acceptors (Lipinski definition) is 3. The highest BCUT2D eigenvalue weighted by Crippen LogP contribution is 2.58. The van der Waals surface area contributed by atoms with Gasteiger partial charge in [-0.25, -0.2) is 0 Å². The van der Waals surface area contributed by atoms with Gasteiger partial charge in [0.1, 0.15) is 6.04 Å². The van der Waals surface area contributed by atoms with E-state index in [1.165, 1.54) is 0 Å². The SMILES string of the molecule is CC(NC(=O)C1CC12CCNCC2)C(=O)NCc1ccccc1.Cl. The van der Waals surface area contributed by atoms with E-state index in [0.717, 1.165) is 37.9 Å². The molecule has 0 radical (unpaired) electrons. The minimum Gasteiger partial charge on any atom is -0.350 e. The van der Waals surface area contributed by atoms with Crippen molar-refractivity contribution >= 4 is 24.2 Å². The fourth-order valence-corrected chi connectivity index (χ4v) is 3.51. The second kappa shape index (κ2) is 7.99. The first-order valence-electron chi connectivity index (χ1n) is 8.43. The summed E-state index contributed by atoms with van der Waals surface area (Å²) in [5.41, 5.74) is 1.26. The minimum absolute atomic E-state index is 0. The van der Waals surface area contributed by atoms with E-state index in [9.17, 15) is 9.59 Å². The summed E-state index contributed by atoms with van der Waals surface area (Å²) in [6.07, 6.45) is 3.11. The smallest absolute Gasteiger partial charge is 0.242 e. The van der Waals surface area contributed by atoms with Gasteiger partial charge in [-0.1, -0.05) is 30.3 Å². The summed E-state index contributed by atoms with van der Waals surface area (Å²) in [4.78, 5) is 24.5. The van der Waals surface area contributed by atoms with Crippen molar-refractivity contribution in [3.8, 4) is 0 Å². The Morgan fingerprint density at radius 2 is 1.92 bits per heavy atom. The van der Waals surface area contributed by atoms with E-state index in [0.29, 0.717) is 6.54 Å². The van der Waals surface area contributed by atoms with Crippen LogP contribution < -0.4 is 16.0 Å². The summed E-state index contributed by atoms with van der Waals surface area (Å²) in [5.74, 6) is -0.00884. The second-order valence-corrected chi connectivity index (χ2v) is 6.80. The van der Waals surface area contributed by atoms with E-state index in [1.807, 2.05) is 30.3 Å². The predicted octanol–water partition coefficient (Wildman–Crippen LogP) is 1.62. The standard InChI is InChI=1S/C18H25N3O2.ClH/c1-13(16(22)20-12-14-5-3-2-4-6-14)21-17(23)15-11-18(15)7-9-19-10-8-18;/h2-6,13,15,19H,7-12H2,1H3,(H,20,22)(H,21,23);1H. The predicted molar refractivity (Wildman–Crippen MR) is 95.8 cm³/mol. The van der Waals surface area contributed by atoms with Gasteiger partial charge in [-0.15, -0.1) is 12.4 Å². The molecular formula is C18H26ClN3O2. The van der Waals surface area contributed by atoms with E-state index in [1.54, 1.807) is 6.92 Å². The first-order valence-corrected chi connectivity index (χ1v) is 8.43. The number of amides is 2. The normalized spacial score (nSPS) is 22.1. The van der Waals surface area contributed by atoms with Gasteiger partial charge in [-0.2, -0.15) is 0 Å². The number of benzene rings is 1.